The third-order valence-corrected chi connectivity index (χ3v) is 14.7. The number of hydrogen-bond acceptors (Lipinski definition) is 13. The van der Waals surface area contributed by atoms with E-state index in [0.29, 0.717) is 43.7 Å². The number of carboxylic acids is 1. The summed E-state index contributed by atoms with van der Waals surface area (Å²) in [5, 5.41) is 31.1. The minimum absolute atomic E-state index is 0. The molecule has 2 fully saturated rings. The molecule has 0 unspecified atom stereocenters. The van der Waals surface area contributed by atoms with Gasteiger partial charge in [0.25, 0.3) is 0 Å². The third-order valence-electron chi connectivity index (χ3n) is 7.74. The van der Waals surface area contributed by atoms with Gasteiger partial charge in [-0.2, -0.15) is 0 Å². The maximum absolute atomic E-state index is 11.6. The van der Waals surface area contributed by atoms with Gasteiger partial charge in [-0.3, -0.25) is 4.79 Å². The second-order valence-electron chi connectivity index (χ2n) is 12.9. The number of carboxylic acid groups (broad SMARTS) is 1. The van der Waals surface area contributed by atoms with Gasteiger partial charge in [0.15, 0.2) is 11.5 Å². The molecule has 0 radical (unpaired) electrons. The van der Waals surface area contributed by atoms with Gasteiger partial charge in [-0.15, -0.1) is 0 Å². The van der Waals surface area contributed by atoms with Crippen LogP contribution in [0.1, 0.15) is 37.3 Å². The van der Waals surface area contributed by atoms with Crippen molar-refractivity contribution in [2.24, 2.45) is 5.73 Å². The number of carbonyl (C=O) groups excluding carboxylic acids is 3. The number of phenols is 2. The quantitative estimate of drug-likeness (QED) is 0.0455. The van der Waals surface area contributed by atoms with E-state index in [1.807, 2.05) is 24.3 Å². The standard InChI is InChI=1S/C16H9I4NO5.C15H11I4NO4.C4H8O.C3Cl6O3.CH4.2H2/c17-8-4-7(5-9(18)13(8)22)25-14-10(19)1-6(2-11(14)20)3-12-15(23)26-16(24)21-12;16-8-4-7(5-9(17)13(8)21)24-14-10(18)1-6(2-11(14)19)3-12(20)15(22)23;1-2-4-5-3-1;4-2(5,6)11-1(10)12-3(7,8)9;;;/h1-2,4-5,12,22H,3H2,(H,21,24);1-2,4-5,12,21H,3,20H2,(H,22,23);1-4H2;;1H4;2*1H/t2*12-;;;;;/m00...../s1/i;;;;;2*1+2T. The second-order valence-corrected chi connectivity index (χ2v) is 26.5. The first kappa shape index (κ1) is 61.8. The predicted octanol–water partition coefficient (Wildman–Crippen LogP) is 15.1. The molecule has 2 atom stereocenters. The molecule has 6 rings (SSSR count). The summed E-state index contributed by atoms with van der Waals surface area (Å²) < 4.78 is 51.3. The maximum Gasteiger partial charge on any atom is 0.515 e. The number of cyclic esters (lactones) is 2. The Bertz CT molecular complexity index is 2350. The van der Waals surface area contributed by atoms with Crippen LogP contribution in [0.2, 0.25) is 0 Å². The molecule has 29 heteroatoms. The van der Waals surface area contributed by atoms with Crippen molar-refractivity contribution in [2.75, 3.05) is 13.2 Å². The fourth-order valence-corrected chi connectivity index (χ4v) is 13.0. The number of benzene rings is 4. The first-order valence-electron chi connectivity index (χ1n) is 19.8. The zero-order valence-corrected chi connectivity index (χ0v) is 54.6. The van der Waals surface area contributed by atoms with Crippen LogP contribution in [0.4, 0.5) is 9.59 Å². The average Bonchev–Trinajstić information content (AvgIpc) is 3.95. The lowest BCUT2D eigenvalue weighted by Gasteiger charge is -2.15. The van der Waals surface area contributed by atoms with Gasteiger partial charge in [0.05, 0.1) is 28.6 Å². The lowest BCUT2D eigenvalue weighted by atomic mass is 10.1. The van der Waals surface area contributed by atoms with Crippen molar-refractivity contribution in [1.82, 2.24) is 5.32 Å². The van der Waals surface area contributed by atoms with E-state index in [9.17, 15) is 29.4 Å². The topological polar surface area (TPSA) is 222 Å². The minimum Gasteiger partial charge on any atom is -0.506 e. The van der Waals surface area contributed by atoms with Gasteiger partial charge in [0.1, 0.15) is 35.1 Å². The molecule has 2 aliphatic heterocycles. The van der Waals surface area contributed by atoms with Gasteiger partial charge in [-0.05, 0) is 329 Å². The molecule has 2 saturated heterocycles. The van der Waals surface area contributed by atoms with Crippen molar-refractivity contribution in [1.29, 1.82) is 0 Å². The summed E-state index contributed by atoms with van der Waals surface area (Å²) in [5.74, 6) is 1.56. The number of halogens is 14. The summed E-state index contributed by atoms with van der Waals surface area (Å²) in [7, 11) is 0. The number of ether oxygens (including phenoxy) is 6. The molecule has 15 nitrogen and oxygen atoms in total. The number of phenolic OH excluding ortho intramolecular Hbond substituents is 2. The highest BCUT2D eigenvalue weighted by Crippen LogP contribution is 2.39. The SMILES string of the molecule is C.C1CCOC1.N[C@@H](Cc1cc(I)c(Oc2cc(I)c(O)c(I)c2)c(I)c1)C(=O)O.O=C(OC(Cl)(Cl)Cl)OC(Cl)(Cl)Cl.O=C1N[C@@H](Cc2cc(I)c(Oc3cc(I)c(O)c(I)c3)c(I)c2)C(=O)O1.[3H][3H].[3H][3H]. The number of amides is 1. The minimum atomic E-state index is -2.24. The van der Waals surface area contributed by atoms with Gasteiger partial charge in [0.2, 0.25) is 0 Å². The van der Waals surface area contributed by atoms with Gasteiger partial charge in [-0.1, -0.05) is 7.43 Å². The third kappa shape index (κ3) is 23.4. The number of aliphatic carboxylic acids is 1. The van der Waals surface area contributed by atoms with Crippen molar-refractivity contribution in [3.63, 3.8) is 0 Å². The van der Waals surface area contributed by atoms with Crippen LogP contribution in [-0.2, 0) is 41.4 Å². The van der Waals surface area contributed by atoms with Crippen molar-refractivity contribution in [2.45, 2.75) is 53.2 Å². The van der Waals surface area contributed by atoms with Crippen LogP contribution >= 0.6 is 250 Å². The lowest BCUT2D eigenvalue weighted by Crippen LogP contribution is -2.32. The molecule has 6 N–H and O–H groups in total. The normalized spacial score (nSPS) is 14.7. The lowest BCUT2D eigenvalue weighted by molar-refractivity contribution is -0.138. The first-order chi connectivity index (χ1) is 33.0. The Morgan fingerprint density at radius 2 is 1.07 bits per heavy atom. The van der Waals surface area contributed by atoms with Gasteiger partial charge in [0, 0.05) is 25.6 Å². The van der Waals surface area contributed by atoms with Gasteiger partial charge >= 0.3 is 32.1 Å². The van der Waals surface area contributed by atoms with E-state index in [1.165, 1.54) is 12.8 Å². The number of nitrogens with two attached hydrogens (primary N) is 1. The zero-order chi connectivity index (χ0) is 54.6. The summed E-state index contributed by atoms with van der Waals surface area (Å²) in [6, 6.07) is 13.0. The number of esters is 1. The molecule has 2 heterocycles. The Hall–Kier alpha value is 1.26. The predicted molar refractivity (Wildman–Crippen MR) is 332 cm³/mol. The molecule has 1 amide bonds. The van der Waals surface area contributed by atoms with Crippen LogP contribution in [0.25, 0.3) is 0 Å². The molecular formula is C39H36Cl6I8N2O13. The fraction of sp³-hybridized carbons (Fsp3) is 0.282. The van der Waals surface area contributed by atoms with E-state index in [2.05, 4.69) is 200 Å². The van der Waals surface area contributed by atoms with E-state index < -0.39 is 44.2 Å². The summed E-state index contributed by atoms with van der Waals surface area (Å²) in [5.41, 5.74) is 7.34. The van der Waals surface area contributed by atoms with Crippen LogP contribution in [0, 0.1) is 28.6 Å². The number of carbonyl (C=O) groups is 4. The molecule has 68 heavy (non-hydrogen) atoms. The van der Waals surface area contributed by atoms with Crippen molar-refractivity contribution < 1.29 is 68.9 Å². The highest BCUT2D eigenvalue weighted by molar-refractivity contribution is 14.1. The van der Waals surface area contributed by atoms with Crippen molar-refractivity contribution in [3.8, 4) is 34.5 Å². The van der Waals surface area contributed by atoms with Gasteiger partial charge < -0.3 is 54.8 Å². The summed E-state index contributed by atoms with van der Waals surface area (Å²) in [4.78, 5) is 44.2. The number of aromatic hydroxyl groups is 2. The molecule has 4 aromatic rings. The Kier molecular flexibility index (Phi) is 27.9. The van der Waals surface area contributed by atoms with E-state index >= 15 is 0 Å². The molecular weight excluding hydrogens is 1930 g/mol. The summed E-state index contributed by atoms with van der Waals surface area (Å²) in [6.07, 6.45) is 1.05. The van der Waals surface area contributed by atoms with E-state index in [1.54, 1.807) is 24.3 Å². The van der Waals surface area contributed by atoms with E-state index in [4.69, 9.17) is 101 Å². The molecule has 0 saturated carbocycles. The Balaban J connectivity index is 0.00000101. The van der Waals surface area contributed by atoms with Crippen LogP contribution in [0.5, 0.6) is 34.5 Å². The van der Waals surface area contributed by atoms with Gasteiger partial charge in [-0.25, -0.2) is 14.4 Å². The Labute approximate surface area is 535 Å². The van der Waals surface area contributed by atoms with Crippen LogP contribution < -0.4 is 20.5 Å². The summed E-state index contributed by atoms with van der Waals surface area (Å²) >= 11 is 47.1. The first-order valence-corrected chi connectivity index (χ1v) is 28.7. The molecule has 0 spiro atoms. The molecule has 0 aliphatic carbocycles. The molecule has 2 aliphatic rings. The second kappa shape index (κ2) is 30.7. The molecule has 4 aromatic carbocycles. The maximum atomic E-state index is 11.6. The van der Waals surface area contributed by atoms with Crippen LogP contribution in [0.15, 0.2) is 48.5 Å². The monoisotopic (exact) mass is 1970 g/mol. The van der Waals surface area contributed by atoms with Crippen molar-refractivity contribution in [3.05, 3.63) is 88.2 Å². The Morgan fingerprint density at radius 3 is 1.37 bits per heavy atom. The highest BCUT2D eigenvalue weighted by Gasteiger charge is 2.33. The Morgan fingerprint density at radius 1 is 0.706 bits per heavy atom. The zero-order valence-electron chi connectivity index (χ0n) is 36.8. The smallest absolute Gasteiger partial charge is 0.506 e. The number of alkyl carbamates (subject to hydrolysis) is 1. The van der Waals surface area contributed by atoms with Crippen LogP contribution in [-0.4, -0.2) is 72.8 Å². The molecule has 378 valence electrons. The van der Waals surface area contributed by atoms with Crippen LogP contribution in [0.3, 0.4) is 0 Å². The van der Waals surface area contributed by atoms with Crippen molar-refractivity contribution >= 4 is 275 Å². The molecule has 0 bridgehead atoms. The molecule has 0 aromatic heterocycles. The average molecular weight is 1980 g/mol. The highest BCUT2D eigenvalue weighted by atomic mass is 127. The number of rotatable bonds is 9. The number of hydrogen-bond donors (Lipinski definition) is 5. The van der Waals surface area contributed by atoms with E-state index in [-0.39, 0.29) is 25.3 Å². The largest absolute Gasteiger partial charge is 0.515 e. The number of alkyl halides is 6. The fourth-order valence-electron chi connectivity index (χ4n) is 4.92. The number of nitrogens with one attached hydrogen (secondary N) is 1. The van der Waals surface area contributed by atoms with E-state index in [0.717, 1.165) is 38.6 Å². The summed E-state index contributed by atoms with van der Waals surface area (Å²) in [6.45, 7) is 2.00.